The van der Waals surface area contributed by atoms with Gasteiger partial charge in [-0.2, -0.15) is 0 Å². The lowest BCUT2D eigenvalue weighted by atomic mass is 12.6. The highest BCUT2D eigenvalue weighted by Crippen LogP contribution is 1.66. The summed E-state index contributed by atoms with van der Waals surface area (Å²) in [7, 11) is 0. The van der Waals surface area contributed by atoms with Crippen molar-refractivity contribution >= 4 is 0 Å². The molecule has 0 saturated carbocycles. The monoisotopic (exact) mass is 62.0 g/mol. The zero-order valence-electron chi connectivity index (χ0n) is 1.82. The van der Waals surface area contributed by atoms with Gasteiger partial charge < -0.3 is 0 Å². The molecule has 24 valence electrons. The minimum Gasteiger partial charge on any atom is -0.106 e. The van der Waals surface area contributed by atoms with Crippen LogP contribution in [0.4, 0.5) is 0 Å². The third-order valence-corrected chi connectivity index (χ3v) is 0.167. The van der Waals surface area contributed by atoms with Crippen LogP contribution in [-0.2, 0) is 9.98 Å². The Labute approximate surface area is 22.5 Å². The van der Waals surface area contributed by atoms with Gasteiger partial charge in [-0.3, -0.25) is 0 Å². The average molecular weight is 62.0 g/mol. The van der Waals surface area contributed by atoms with Crippen LogP contribution in [0.15, 0.2) is 0 Å². The number of nitrogens with one attached hydrogen (secondary N) is 2. The Morgan fingerprint density at radius 2 is 1.25 bits per heavy atom. The first-order valence-electron chi connectivity index (χ1n) is 0.825. The van der Waals surface area contributed by atoms with E-state index in [1.807, 2.05) is 0 Å². The first kappa shape index (κ1) is 2.10. The van der Waals surface area contributed by atoms with Gasteiger partial charge in [-0.15, -0.1) is 9.98 Å². The topological polar surface area (TPSA) is 42.5 Å². The normalized spacial score (nSPS) is 24.0. The summed E-state index contributed by atoms with van der Waals surface area (Å²) >= 11 is 0. The Bertz CT molecular complexity index is 12.0. The highest BCUT2D eigenvalue weighted by Gasteiger charge is 1.91. The quantitative estimate of drug-likeness (QED) is 0.348. The predicted octanol–water partition coefficient (Wildman–Crippen LogP) is -1.13. The molecule has 1 fully saturated rings. The van der Waals surface area contributed by atoms with Crippen LogP contribution in [-0.4, -0.2) is 0 Å². The first-order valence-corrected chi connectivity index (χ1v) is 0.825. The van der Waals surface area contributed by atoms with E-state index in [1.165, 1.54) is 0 Å². The maximum absolute atomic E-state index is 3.86. The van der Waals surface area contributed by atoms with E-state index >= 15 is 0 Å². The third kappa shape index (κ3) is 0.0880. The molecule has 4 heteroatoms. The van der Waals surface area contributed by atoms with Gasteiger partial charge in [0.2, 0.25) is 0 Å². The van der Waals surface area contributed by atoms with Gasteiger partial charge >= 0.3 is 0 Å². The SMILES string of the molecule is N1NOO1. The van der Waals surface area contributed by atoms with E-state index in [9.17, 15) is 0 Å². The van der Waals surface area contributed by atoms with E-state index in [0.29, 0.717) is 0 Å². The van der Waals surface area contributed by atoms with Crippen LogP contribution in [0.3, 0.4) is 0 Å². The highest BCUT2D eigenvalue weighted by molar-refractivity contribution is 3.77. The van der Waals surface area contributed by atoms with Crippen LogP contribution in [0.1, 0.15) is 0 Å². The Morgan fingerprint density at radius 3 is 1.25 bits per heavy atom. The lowest BCUT2D eigenvalue weighted by Gasteiger charge is -2.09. The summed E-state index contributed by atoms with van der Waals surface area (Å²) in [6.07, 6.45) is 0. The standard InChI is InChI=1S/H2N2O2/c1-2-4-3-1/h1-2H. The number of rotatable bonds is 0. The Kier molecular flexibility index (Phi) is 0.342. The summed E-state index contributed by atoms with van der Waals surface area (Å²) in [5.74, 6) is 0. The molecule has 0 spiro atoms. The van der Waals surface area contributed by atoms with E-state index < -0.39 is 0 Å². The van der Waals surface area contributed by atoms with Crippen LogP contribution in [0, 0.1) is 0 Å². The fraction of sp³-hybridized carbons (Fsp3) is 0. The van der Waals surface area contributed by atoms with Gasteiger partial charge in [-0.1, -0.05) is 11.2 Å². The average Bonchev–Trinajstić information content (AvgIpc) is 0.722. The van der Waals surface area contributed by atoms with Crippen molar-refractivity contribution < 1.29 is 9.98 Å². The zero-order chi connectivity index (χ0) is 2.83. The molecule has 1 aliphatic rings. The molecule has 2 N–H and O–H groups in total. The van der Waals surface area contributed by atoms with Crippen LogP contribution < -0.4 is 11.2 Å². The van der Waals surface area contributed by atoms with Crippen molar-refractivity contribution in [1.82, 2.24) is 11.2 Å². The molecule has 0 radical (unpaired) electrons. The van der Waals surface area contributed by atoms with Crippen molar-refractivity contribution in [2.75, 3.05) is 0 Å². The minimum atomic E-state index is 2.14. The fourth-order valence-electron chi connectivity index (χ4n) is 0.0417. The molecule has 0 bridgehead atoms. The zero-order valence-corrected chi connectivity index (χ0v) is 1.82. The fourth-order valence-corrected chi connectivity index (χ4v) is 0.0417. The van der Waals surface area contributed by atoms with Crippen LogP contribution >= 0.6 is 0 Å². The van der Waals surface area contributed by atoms with Gasteiger partial charge in [0, 0.05) is 0 Å². The summed E-state index contributed by atoms with van der Waals surface area (Å²) in [5.41, 5.74) is 4.28. The second-order valence-corrected chi connectivity index (χ2v) is 0.371. The molecule has 0 aromatic heterocycles. The molecule has 0 unspecified atom stereocenters. The van der Waals surface area contributed by atoms with Crippen molar-refractivity contribution in [3.8, 4) is 0 Å². The maximum Gasteiger partial charge on any atom is -0.0756 e. The van der Waals surface area contributed by atoms with Gasteiger partial charge in [-0.25, -0.2) is 0 Å². The summed E-state index contributed by atoms with van der Waals surface area (Å²) < 4.78 is 0. The molecule has 1 rings (SSSR count). The van der Waals surface area contributed by atoms with Crippen molar-refractivity contribution in [3.05, 3.63) is 0 Å². The van der Waals surface area contributed by atoms with Crippen LogP contribution in [0.25, 0.3) is 0 Å². The molecule has 4 nitrogen and oxygen atoms in total. The summed E-state index contributed by atoms with van der Waals surface area (Å²) in [5, 5.41) is 0. The Morgan fingerprint density at radius 1 is 1.00 bits per heavy atom. The summed E-state index contributed by atoms with van der Waals surface area (Å²) in [4.78, 5) is 7.72. The van der Waals surface area contributed by atoms with Crippen molar-refractivity contribution in [1.29, 1.82) is 0 Å². The van der Waals surface area contributed by atoms with Crippen LogP contribution in [0.2, 0.25) is 0 Å². The van der Waals surface area contributed by atoms with Crippen molar-refractivity contribution in [3.63, 3.8) is 0 Å². The van der Waals surface area contributed by atoms with Gasteiger partial charge in [0.05, 0.1) is 0 Å². The molecule has 0 aliphatic carbocycles. The first-order chi connectivity index (χ1) is 2.00. The van der Waals surface area contributed by atoms with E-state index in [2.05, 4.69) is 21.2 Å². The highest BCUT2D eigenvalue weighted by atomic mass is 17.4. The molecule has 0 amide bonds. The second-order valence-electron chi connectivity index (χ2n) is 0.371. The van der Waals surface area contributed by atoms with E-state index in [1.54, 1.807) is 0 Å². The molecular formula is H2N2O2. The molecule has 1 heterocycles. The van der Waals surface area contributed by atoms with Gasteiger partial charge in [0.15, 0.2) is 0 Å². The lowest BCUT2D eigenvalue weighted by Crippen LogP contribution is -2.44. The third-order valence-electron chi connectivity index (χ3n) is 0.167. The van der Waals surface area contributed by atoms with Gasteiger partial charge in [0.25, 0.3) is 0 Å². The largest absolute Gasteiger partial charge is 0.106 e. The molecule has 0 aromatic carbocycles. The predicted molar refractivity (Wildman–Crippen MR) is 8.44 cm³/mol. The maximum atomic E-state index is 3.86. The van der Waals surface area contributed by atoms with E-state index in [4.69, 9.17) is 0 Å². The molecule has 1 aliphatic heterocycles. The summed E-state index contributed by atoms with van der Waals surface area (Å²) in [6, 6.07) is 0. The van der Waals surface area contributed by atoms with Gasteiger partial charge in [0.1, 0.15) is 0 Å². The van der Waals surface area contributed by atoms with E-state index in [0.717, 1.165) is 0 Å². The molecule has 4 heavy (non-hydrogen) atoms. The lowest BCUT2D eigenvalue weighted by molar-refractivity contribution is -0.509. The van der Waals surface area contributed by atoms with Crippen molar-refractivity contribution in [2.45, 2.75) is 0 Å². The minimum absolute atomic E-state index is 2.14. The van der Waals surface area contributed by atoms with Gasteiger partial charge in [-0.05, 0) is 0 Å². The number of hydrogen-bond acceptors (Lipinski definition) is 4. The number of hydrogen-bond donors (Lipinski definition) is 2. The second kappa shape index (κ2) is 0.652. The van der Waals surface area contributed by atoms with Crippen LogP contribution in [0.5, 0.6) is 0 Å². The number of hydrazine groups is 1. The molecule has 1 saturated heterocycles. The summed E-state index contributed by atoms with van der Waals surface area (Å²) in [6.45, 7) is 0. The molecule has 0 atom stereocenters. The smallest absolute Gasteiger partial charge is 0.0756 e. The molecule has 0 aromatic rings. The Hall–Kier alpha value is -0.160. The van der Waals surface area contributed by atoms with E-state index in [-0.39, 0.29) is 0 Å². The van der Waals surface area contributed by atoms with Crippen molar-refractivity contribution in [2.24, 2.45) is 0 Å². The molecular weight excluding hydrogens is 60.0 g/mol. The Balaban J connectivity index is 2.00.